The molecule has 0 fully saturated rings. The lowest BCUT2D eigenvalue weighted by molar-refractivity contribution is -0.118. The summed E-state index contributed by atoms with van der Waals surface area (Å²) < 4.78 is 0. The molecule has 2 N–H and O–H groups in total. The molecule has 0 saturated heterocycles. The van der Waals surface area contributed by atoms with Crippen molar-refractivity contribution in [1.29, 1.82) is 0 Å². The fraction of sp³-hybridized carbons (Fsp3) is 0.222. The average Bonchev–Trinajstić information content (AvgIpc) is 2.57. The van der Waals surface area contributed by atoms with Gasteiger partial charge in [-0.25, -0.2) is 4.79 Å². The van der Waals surface area contributed by atoms with Gasteiger partial charge in [0.15, 0.2) is 0 Å². The van der Waals surface area contributed by atoms with Gasteiger partial charge in [-0.3, -0.25) is 4.79 Å². The number of rotatable bonds is 4. The Morgan fingerprint density at radius 1 is 1.12 bits per heavy atom. The molecule has 0 unspecified atom stereocenters. The molecule has 1 aliphatic rings. The molecule has 0 aliphatic carbocycles. The van der Waals surface area contributed by atoms with E-state index in [4.69, 9.17) is 11.6 Å². The molecular formula is C18H18ClN3O2. The van der Waals surface area contributed by atoms with Crippen molar-refractivity contribution >= 4 is 34.9 Å². The maximum atomic E-state index is 12.1. The third-order valence-corrected chi connectivity index (χ3v) is 4.13. The van der Waals surface area contributed by atoms with E-state index in [0.29, 0.717) is 30.2 Å². The minimum absolute atomic E-state index is 0.0887. The number of hydrogen-bond acceptors (Lipinski definition) is 2. The summed E-state index contributed by atoms with van der Waals surface area (Å²) in [4.78, 5) is 25.8. The zero-order valence-electron chi connectivity index (χ0n) is 13.1. The number of benzene rings is 2. The Hall–Kier alpha value is -2.53. The molecule has 0 radical (unpaired) electrons. The second kappa shape index (κ2) is 7.36. The summed E-state index contributed by atoms with van der Waals surface area (Å²) in [6, 6.07) is 14.5. The van der Waals surface area contributed by atoms with Gasteiger partial charge in [-0.2, -0.15) is 0 Å². The van der Waals surface area contributed by atoms with Gasteiger partial charge < -0.3 is 15.5 Å². The van der Waals surface area contributed by atoms with Crippen LogP contribution in [0.5, 0.6) is 0 Å². The summed E-state index contributed by atoms with van der Waals surface area (Å²) in [7, 11) is 0. The van der Waals surface area contributed by atoms with Crippen molar-refractivity contribution in [2.45, 2.75) is 12.8 Å². The number of fused-ring (bicyclic) bond motifs is 1. The van der Waals surface area contributed by atoms with Gasteiger partial charge in [-0.05, 0) is 36.2 Å². The van der Waals surface area contributed by atoms with Gasteiger partial charge >= 0.3 is 6.03 Å². The van der Waals surface area contributed by atoms with E-state index in [9.17, 15) is 9.59 Å². The number of amides is 3. The quantitative estimate of drug-likeness (QED) is 0.893. The Kier molecular flexibility index (Phi) is 5.01. The van der Waals surface area contributed by atoms with Gasteiger partial charge in [0.05, 0.1) is 0 Å². The standard InChI is InChI=1S/C18H18ClN3O2/c19-14-5-3-6-15(12-14)21-18(24)20-10-11-22-16-7-2-1-4-13(16)8-9-17(22)23/h1-7,12H,8-11H2,(H2,20,21,24). The summed E-state index contributed by atoms with van der Waals surface area (Å²) in [6.45, 7) is 0.811. The molecule has 2 aromatic rings. The van der Waals surface area contributed by atoms with E-state index in [0.717, 1.165) is 12.1 Å². The smallest absolute Gasteiger partial charge is 0.319 e. The predicted octanol–water partition coefficient (Wildman–Crippen LogP) is 3.44. The fourth-order valence-corrected chi connectivity index (χ4v) is 2.95. The van der Waals surface area contributed by atoms with Crippen molar-refractivity contribution in [3.05, 3.63) is 59.1 Å². The van der Waals surface area contributed by atoms with Gasteiger partial charge in [0.1, 0.15) is 0 Å². The lowest BCUT2D eigenvalue weighted by atomic mass is 10.0. The molecule has 0 atom stereocenters. The topological polar surface area (TPSA) is 61.4 Å². The van der Waals surface area contributed by atoms with Crippen LogP contribution in [0.4, 0.5) is 16.2 Å². The number of urea groups is 1. The molecule has 1 heterocycles. The molecule has 24 heavy (non-hydrogen) atoms. The highest BCUT2D eigenvalue weighted by molar-refractivity contribution is 6.30. The van der Waals surface area contributed by atoms with Crippen LogP contribution < -0.4 is 15.5 Å². The summed E-state index contributed by atoms with van der Waals surface area (Å²) >= 11 is 5.88. The molecule has 3 rings (SSSR count). The maximum Gasteiger partial charge on any atom is 0.319 e. The normalized spacial score (nSPS) is 13.4. The van der Waals surface area contributed by atoms with Crippen molar-refractivity contribution in [2.75, 3.05) is 23.3 Å². The van der Waals surface area contributed by atoms with Crippen LogP contribution in [-0.4, -0.2) is 25.0 Å². The lowest BCUT2D eigenvalue weighted by Gasteiger charge is -2.29. The van der Waals surface area contributed by atoms with Crippen molar-refractivity contribution in [3.8, 4) is 0 Å². The molecule has 3 amide bonds. The molecular weight excluding hydrogens is 326 g/mol. The van der Waals surface area contributed by atoms with Crippen LogP contribution >= 0.6 is 11.6 Å². The molecule has 0 aromatic heterocycles. The van der Waals surface area contributed by atoms with E-state index in [-0.39, 0.29) is 11.9 Å². The Morgan fingerprint density at radius 3 is 2.79 bits per heavy atom. The molecule has 0 bridgehead atoms. The van der Waals surface area contributed by atoms with Crippen molar-refractivity contribution in [3.63, 3.8) is 0 Å². The first-order valence-electron chi connectivity index (χ1n) is 7.82. The van der Waals surface area contributed by atoms with Crippen LogP contribution in [-0.2, 0) is 11.2 Å². The first-order chi connectivity index (χ1) is 11.6. The van der Waals surface area contributed by atoms with E-state index in [1.165, 1.54) is 5.56 Å². The summed E-state index contributed by atoms with van der Waals surface area (Å²) in [5, 5.41) is 6.03. The number of nitrogens with one attached hydrogen (secondary N) is 2. The molecule has 1 aliphatic heterocycles. The largest absolute Gasteiger partial charge is 0.336 e. The first kappa shape index (κ1) is 16.3. The number of hydrogen-bond donors (Lipinski definition) is 2. The van der Waals surface area contributed by atoms with Gasteiger partial charge in [0.2, 0.25) is 5.91 Å². The fourth-order valence-electron chi connectivity index (χ4n) is 2.76. The molecule has 6 heteroatoms. The highest BCUT2D eigenvalue weighted by Crippen LogP contribution is 2.26. The first-order valence-corrected chi connectivity index (χ1v) is 8.20. The number of aryl methyl sites for hydroxylation is 1. The number of carbonyl (C=O) groups excluding carboxylic acids is 2. The Morgan fingerprint density at radius 2 is 1.96 bits per heavy atom. The van der Waals surface area contributed by atoms with Crippen molar-refractivity contribution in [2.24, 2.45) is 0 Å². The molecule has 2 aromatic carbocycles. The average molecular weight is 344 g/mol. The predicted molar refractivity (Wildman–Crippen MR) is 95.6 cm³/mol. The van der Waals surface area contributed by atoms with Gasteiger partial charge in [-0.15, -0.1) is 0 Å². The summed E-state index contributed by atoms with van der Waals surface area (Å²) in [5.41, 5.74) is 2.73. The van der Waals surface area contributed by atoms with Gasteiger partial charge in [0, 0.05) is 35.9 Å². The van der Waals surface area contributed by atoms with Crippen LogP contribution in [0.1, 0.15) is 12.0 Å². The van der Waals surface area contributed by atoms with E-state index in [2.05, 4.69) is 10.6 Å². The SMILES string of the molecule is O=C(NCCN1C(=O)CCc2ccccc21)Nc1cccc(Cl)c1. The third-order valence-electron chi connectivity index (χ3n) is 3.90. The van der Waals surface area contributed by atoms with Crippen molar-refractivity contribution in [1.82, 2.24) is 5.32 Å². The number of anilines is 2. The third kappa shape index (κ3) is 3.86. The van der Waals surface area contributed by atoms with E-state index in [1.807, 2.05) is 24.3 Å². The van der Waals surface area contributed by atoms with E-state index >= 15 is 0 Å². The highest BCUT2D eigenvalue weighted by Gasteiger charge is 2.23. The Labute approximate surface area is 145 Å². The van der Waals surface area contributed by atoms with Gasteiger partial charge in [0.25, 0.3) is 0 Å². The van der Waals surface area contributed by atoms with Gasteiger partial charge in [-0.1, -0.05) is 35.9 Å². The Bertz CT molecular complexity index is 763. The van der Waals surface area contributed by atoms with Crippen LogP contribution in [0.25, 0.3) is 0 Å². The highest BCUT2D eigenvalue weighted by atomic mass is 35.5. The van der Waals surface area contributed by atoms with Crippen LogP contribution in [0.15, 0.2) is 48.5 Å². The number of nitrogens with zero attached hydrogens (tertiary/aromatic N) is 1. The minimum atomic E-state index is -0.324. The monoisotopic (exact) mass is 343 g/mol. The molecule has 0 saturated carbocycles. The molecule has 0 spiro atoms. The lowest BCUT2D eigenvalue weighted by Crippen LogP contribution is -2.42. The maximum absolute atomic E-state index is 12.1. The zero-order valence-corrected chi connectivity index (χ0v) is 13.8. The summed E-state index contributed by atoms with van der Waals surface area (Å²) in [5.74, 6) is 0.0887. The summed E-state index contributed by atoms with van der Waals surface area (Å²) in [6.07, 6.45) is 1.28. The van der Waals surface area contributed by atoms with E-state index < -0.39 is 0 Å². The second-order valence-electron chi connectivity index (χ2n) is 5.57. The molecule has 5 nitrogen and oxygen atoms in total. The Balaban J connectivity index is 1.54. The van der Waals surface area contributed by atoms with Crippen LogP contribution in [0.3, 0.4) is 0 Å². The van der Waals surface area contributed by atoms with Crippen LogP contribution in [0.2, 0.25) is 5.02 Å². The van der Waals surface area contributed by atoms with E-state index in [1.54, 1.807) is 29.2 Å². The minimum Gasteiger partial charge on any atom is -0.336 e. The second-order valence-corrected chi connectivity index (χ2v) is 6.00. The zero-order chi connectivity index (χ0) is 16.9. The number of para-hydroxylation sites is 1. The van der Waals surface area contributed by atoms with Crippen molar-refractivity contribution < 1.29 is 9.59 Å². The number of halogens is 1. The number of carbonyl (C=O) groups is 2. The van der Waals surface area contributed by atoms with Crippen LogP contribution in [0, 0.1) is 0 Å². The molecule has 124 valence electrons.